The van der Waals surface area contributed by atoms with Gasteiger partial charge in [0, 0.05) is 11.3 Å². The average molecular weight is 255 g/mol. The van der Waals surface area contributed by atoms with Crippen LogP contribution in [0.25, 0.3) is 0 Å². The second-order valence-electron chi connectivity index (χ2n) is 4.87. The molecule has 1 heterocycles. The lowest BCUT2D eigenvalue weighted by Gasteiger charge is -2.17. The number of rotatable bonds is 7. The van der Waals surface area contributed by atoms with E-state index >= 15 is 0 Å². The maximum Gasteiger partial charge on any atom is 0.293 e. The topological polar surface area (TPSA) is 39.2 Å². The minimum absolute atomic E-state index is 0.382. The molecule has 0 saturated carbocycles. The lowest BCUT2D eigenvalue weighted by Crippen LogP contribution is -2.10. The molecule has 0 bridgehead atoms. The van der Waals surface area contributed by atoms with Gasteiger partial charge in [-0.1, -0.05) is 27.7 Å². The number of ether oxygens (including phenoxy) is 1. The van der Waals surface area contributed by atoms with E-state index < -0.39 is 0 Å². The summed E-state index contributed by atoms with van der Waals surface area (Å²) in [4.78, 5) is 14.8. The molecule has 17 heavy (non-hydrogen) atoms. The molecule has 4 heteroatoms. The van der Waals surface area contributed by atoms with Gasteiger partial charge in [0.15, 0.2) is 0 Å². The summed E-state index contributed by atoms with van der Waals surface area (Å²) in [6.45, 7) is 9.66. The molecule has 1 aromatic rings. The standard InChI is InChI=1S/C13H21NO2S/c1-9(2)11(5-6-16-8-15)13-14-12(7-17-13)10(3)4/h7-11H,5-6H2,1-4H3. The van der Waals surface area contributed by atoms with Crippen LogP contribution in [-0.4, -0.2) is 18.1 Å². The van der Waals surface area contributed by atoms with Crippen molar-refractivity contribution >= 4 is 17.8 Å². The highest BCUT2D eigenvalue weighted by Crippen LogP contribution is 2.31. The monoisotopic (exact) mass is 255 g/mol. The predicted molar refractivity (Wildman–Crippen MR) is 70.4 cm³/mol. The Balaban J connectivity index is 2.71. The van der Waals surface area contributed by atoms with E-state index in [9.17, 15) is 4.79 Å². The van der Waals surface area contributed by atoms with Crippen LogP contribution in [-0.2, 0) is 9.53 Å². The Labute approximate surface area is 107 Å². The quantitative estimate of drug-likeness (QED) is 0.552. The molecule has 1 aromatic heterocycles. The van der Waals surface area contributed by atoms with Crippen LogP contribution in [0.4, 0.5) is 0 Å². The molecule has 0 aliphatic carbocycles. The third-order valence-corrected chi connectivity index (χ3v) is 3.86. The zero-order valence-corrected chi connectivity index (χ0v) is 11.8. The normalized spacial score (nSPS) is 13.1. The summed E-state index contributed by atoms with van der Waals surface area (Å²) in [6, 6.07) is 0. The summed E-state index contributed by atoms with van der Waals surface area (Å²) >= 11 is 1.72. The Morgan fingerprint density at radius 2 is 2.12 bits per heavy atom. The van der Waals surface area contributed by atoms with Crippen molar-refractivity contribution in [1.82, 2.24) is 4.98 Å². The van der Waals surface area contributed by atoms with Crippen LogP contribution >= 0.6 is 11.3 Å². The molecule has 0 amide bonds. The van der Waals surface area contributed by atoms with Gasteiger partial charge in [-0.25, -0.2) is 4.98 Å². The van der Waals surface area contributed by atoms with Gasteiger partial charge in [-0.3, -0.25) is 4.79 Å². The first-order valence-corrected chi connectivity index (χ1v) is 6.94. The van der Waals surface area contributed by atoms with E-state index in [1.165, 1.54) is 0 Å². The fourth-order valence-electron chi connectivity index (χ4n) is 1.72. The maximum absolute atomic E-state index is 10.2. The molecular weight excluding hydrogens is 234 g/mol. The lowest BCUT2D eigenvalue weighted by molar-refractivity contribution is -0.128. The van der Waals surface area contributed by atoms with Crippen LogP contribution in [0, 0.1) is 5.92 Å². The van der Waals surface area contributed by atoms with Crippen molar-refractivity contribution in [2.45, 2.75) is 46.0 Å². The Hall–Kier alpha value is -0.900. The first-order valence-electron chi connectivity index (χ1n) is 6.06. The molecule has 0 radical (unpaired) electrons. The molecule has 0 spiro atoms. The van der Waals surface area contributed by atoms with Crippen LogP contribution in [0.1, 0.15) is 56.7 Å². The molecule has 1 rings (SSSR count). The molecule has 96 valence electrons. The zero-order chi connectivity index (χ0) is 12.8. The van der Waals surface area contributed by atoms with Crippen molar-refractivity contribution in [2.75, 3.05) is 6.61 Å². The molecule has 1 atom stereocenters. The molecule has 0 N–H and O–H groups in total. The highest BCUT2D eigenvalue weighted by atomic mass is 32.1. The van der Waals surface area contributed by atoms with E-state index in [1.807, 2.05) is 0 Å². The van der Waals surface area contributed by atoms with Crippen LogP contribution < -0.4 is 0 Å². The van der Waals surface area contributed by atoms with Gasteiger partial charge in [0.2, 0.25) is 0 Å². The Bertz CT molecular complexity index is 347. The van der Waals surface area contributed by atoms with Crippen molar-refractivity contribution in [1.29, 1.82) is 0 Å². The molecular formula is C13H21NO2S. The average Bonchev–Trinajstić information content (AvgIpc) is 2.73. The SMILES string of the molecule is CC(C)c1csc(C(CCOC=O)C(C)C)n1. The summed E-state index contributed by atoms with van der Waals surface area (Å²) < 4.78 is 4.79. The molecule has 1 unspecified atom stereocenters. The first kappa shape index (κ1) is 14.2. The van der Waals surface area contributed by atoms with Gasteiger partial charge in [0.05, 0.1) is 17.3 Å². The number of carbonyl (C=O) groups excluding carboxylic acids is 1. The number of hydrogen-bond acceptors (Lipinski definition) is 4. The summed E-state index contributed by atoms with van der Waals surface area (Å²) in [5.41, 5.74) is 1.16. The molecule has 3 nitrogen and oxygen atoms in total. The highest BCUT2D eigenvalue weighted by Gasteiger charge is 2.20. The van der Waals surface area contributed by atoms with E-state index in [4.69, 9.17) is 4.74 Å². The van der Waals surface area contributed by atoms with Gasteiger partial charge in [-0.05, 0) is 18.3 Å². The smallest absolute Gasteiger partial charge is 0.293 e. The second kappa shape index (κ2) is 6.74. The Kier molecular flexibility index (Phi) is 5.62. The second-order valence-corrected chi connectivity index (χ2v) is 5.76. The fourth-order valence-corrected chi connectivity index (χ4v) is 3.01. The summed E-state index contributed by atoms with van der Waals surface area (Å²) in [5.74, 6) is 1.36. The van der Waals surface area contributed by atoms with Gasteiger partial charge < -0.3 is 4.74 Å². The minimum Gasteiger partial charge on any atom is -0.468 e. The highest BCUT2D eigenvalue weighted by molar-refractivity contribution is 7.09. The number of carbonyl (C=O) groups is 1. The van der Waals surface area contributed by atoms with Gasteiger partial charge in [-0.15, -0.1) is 11.3 Å². The fraction of sp³-hybridized carbons (Fsp3) is 0.692. The van der Waals surface area contributed by atoms with Crippen molar-refractivity contribution in [3.8, 4) is 0 Å². The van der Waals surface area contributed by atoms with Crippen LogP contribution in [0.3, 0.4) is 0 Å². The van der Waals surface area contributed by atoms with Crippen LogP contribution in [0.15, 0.2) is 5.38 Å². The van der Waals surface area contributed by atoms with Crippen molar-refractivity contribution < 1.29 is 9.53 Å². The number of aromatic nitrogens is 1. The molecule has 0 aliphatic heterocycles. The van der Waals surface area contributed by atoms with Crippen LogP contribution in [0.5, 0.6) is 0 Å². The maximum atomic E-state index is 10.2. The first-order chi connectivity index (χ1) is 8.06. The third kappa shape index (κ3) is 4.11. The lowest BCUT2D eigenvalue weighted by atomic mass is 9.93. The van der Waals surface area contributed by atoms with Crippen molar-refractivity contribution in [3.05, 3.63) is 16.1 Å². The third-order valence-electron chi connectivity index (χ3n) is 2.87. The predicted octanol–water partition coefficient (Wildman–Crippen LogP) is 3.57. The molecule has 0 fully saturated rings. The van der Waals surface area contributed by atoms with Gasteiger partial charge in [0.25, 0.3) is 6.47 Å². The van der Waals surface area contributed by atoms with Crippen molar-refractivity contribution in [2.24, 2.45) is 5.92 Å². The summed E-state index contributed by atoms with van der Waals surface area (Å²) in [5, 5.41) is 3.30. The summed E-state index contributed by atoms with van der Waals surface area (Å²) in [6.07, 6.45) is 0.849. The number of nitrogens with zero attached hydrogens (tertiary/aromatic N) is 1. The molecule has 0 aromatic carbocycles. The van der Waals surface area contributed by atoms with E-state index in [0.29, 0.717) is 30.8 Å². The van der Waals surface area contributed by atoms with Gasteiger partial charge in [-0.2, -0.15) is 0 Å². The Morgan fingerprint density at radius 3 is 2.59 bits per heavy atom. The van der Waals surface area contributed by atoms with Gasteiger partial charge in [0.1, 0.15) is 0 Å². The van der Waals surface area contributed by atoms with E-state index in [0.717, 1.165) is 17.1 Å². The molecule has 0 saturated heterocycles. The van der Waals surface area contributed by atoms with E-state index in [1.54, 1.807) is 11.3 Å². The van der Waals surface area contributed by atoms with Gasteiger partial charge >= 0.3 is 0 Å². The molecule has 0 aliphatic rings. The van der Waals surface area contributed by atoms with Crippen molar-refractivity contribution in [3.63, 3.8) is 0 Å². The Morgan fingerprint density at radius 1 is 1.41 bits per heavy atom. The zero-order valence-electron chi connectivity index (χ0n) is 11.0. The summed E-state index contributed by atoms with van der Waals surface area (Å²) in [7, 11) is 0. The van der Waals surface area contributed by atoms with E-state index in [2.05, 4.69) is 38.1 Å². The number of hydrogen-bond donors (Lipinski definition) is 0. The minimum atomic E-state index is 0.382. The van der Waals surface area contributed by atoms with E-state index in [-0.39, 0.29) is 0 Å². The van der Waals surface area contributed by atoms with Crippen LogP contribution in [0.2, 0.25) is 0 Å². The largest absolute Gasteiger partial charge is 0.468 e. The number of thiazole rings is 1.